The molecule has 10 amide bonds. The first-order chi connectivity index (χ1) is 38.7. The zero-order valence-corrected chi connectivity index (χ0v) is 46.6. The fourth-order valence-corrected chi connectivity index (χ4v) is 9.41. The molecule has 23 heteroatoms. The van der Waals surface area contributed by atoms with Gasteiger partial charge in [-0.3, -0.25) is 28.9 Å². The first-order valence-corrected chi connectivity index (χ1v) is 27.3. The summed E-state index contributed by atoms with van der Waals surface area (Å²) in [6.07, 6.45) is 5.73. The Morgan fingerprint density at radius 1 is 0.815 bits per heavy atom. The molecule has 21 nitrogen and oxygen atoms in total. The fraction of sp³-hybridized carbons (Fsp3) is 0.466. The molecule has 7 N–H and O–H groups in total. The summed E-state index contributed by atoms with van der Waals surface area (Å²) in [5.74, 6) is -3.41. The minimum absolute atomic E-state index is 0.0149. The van der Waals surface area contributed by atoms with Gasteiger partial charge in [-0.1, -0.05) is 83.5 Å². The number of nitrogens with one attached hydrogen (secondary N) is 5. The van der Waals surface area contributed by atoms with Crippen LogP contribution in [0.15, 0.2) is 91.1 Å². The third-order valence-electron chi connectivity index (χ3n) is 13.6. The van der Waals surface area contributed by atoms with Crippen molar-refractivity contribution in [3.8, 4) is 11.3 Å². The van der Waals surface area contributed by atoms with Crippen molar-refractivity contribution in [1.29, 1.82) is 0 Å². The Hall–Kier alpha value is -8.21. The van der Waals surface area contributed by atoms with Gasteiger partial charge in [0.15, 0.2) is 0 Å². The largest absolute Gasteiger partial charge is 0.445 e. The summed E-state index contributed by atoms with van der Waals surface area (Å²) in [5, 5.41) is 13.6. The number of alkyl carbamates (subject to hydrolysis) is 1. The number of nitrogens with two attached hydrogens (primary N) is 1. The topological polar surface area (TPSA) is 269 Å². The lowest BCUT2D eigenvalue weighted by Crippen LogP contribution is -2.54. The molecule has 0 unspecified atom stereocenters. The highest BCUT2D eigenvalue weighted by molar-refractivity contribution is 6.12. The van der Waals surface area contributed by atoms with Crippen molar-refractivity contribution in [2.45, 2.75) is 111 Å². The maximum atomic E-state index is 15.3. The van der Waals surface area contributed by atoms with E-state index in [-0.39, 0.29) is 93.0 Å². The van der Waals surface area contributed by atoms with E-state index in [1.165, 1.54) is 12.2 Å². The Labute approximate surface area is 470 Å². The number of imidazole rings is 1. The summed E-state index contributed by atoms with van der Waals surface area (Å²) in [5.41, 5.74) is 6.67. The molecule has 81 heavy (non-hydrogen) atoms. The smallest absolute Gasteiger partial charge is 0.407 e. The van der Waals surface area contributed by atoms with E-state index in [0.29, 0.717) is 75.6 Å². The van der Waals surface area contributed by atoms with Crippen molar-refractivity contribution in [2.75, 3.05) is 57.8 Å². The van der Waals surface area contributed by atoms with Gasteiger partial charge in [-0.05, 0) is 84.9 Å². The van der Waals surface area contributed by atoms with Gasteiger partial charge in [-0.15, -0.1) is 0 Å². The van der Waals surface area contributed by atoms with E-state index in [2.05, 4.69) is 26.6 Å². The molecule has 0 bridgehead atoms. The van der Waals surface area contributed by atoms with E-state index in [0.717, 1.165) is 28.7 Å². The highest BCUT2D eigenvalue weighted by atomic mass is 19.1. The number of rotatable bonds is 27. The molecular formula is C58H75F2N11O10. The molecule has 436 valence electrons. The van der Waals surface area contributed by atoms with Crippen LogP contribution in [0.3, 0.4) is 0 Å². The second-order valence-electron chi connectivity index (χ2n) is 21.4. The summed E-state index contributed by atoms with van der Waals surface area (Å²) in [4.78, 5) is 113. The van der Waals surface area contributed by atoms with Crippen molar-refractivity contribution in [3.05, 3.63) is 120 Å². The minimum atomic E-state index is -1.08. The average Bonchev–Trinajstić information content (AvgIpc) is 4.26. The minimum Gasteiger partial charge on any atom is -0.445 e. The summed E-state index contributed by atoms with van der Waals surface area (Å²) < 4.78 is 42.8. The van der Waals surface area contributed by atoms with Crippen LogP contribution in [0.1, 0.15) is 103 Å². The van der Waals surface area contributed by atoms with E-state index in [1.807, 2.05) is 55.7 Å². The lowest BCUT2D eigenvalue weighted by molar-refractivity contribution is -0.137. The van der Waals surface area contributed by atoms with Gasteiger partial charge in [0.2, 0.25) is 17.7 Å². The average molecular weight is 1120 g/mol. The molecule has 2 aliphatic rings. The van der Waals surface area contributed by atoms with Crippen LogP contribution in [0.2, 0.25) is 0 Å². The highest BCUT2D eigenvalue weighted by Crippen LogP contribution is 2.40. The number of urea groups is 2. The monoisotopic (exact) mass is 1120 g/mol. The third kappa shape index (κ3) is 18.7. The number of aromatic nitrogens is 2. The number of imide groups is 1. The van der Waals surface area contributed by atoms with E-state index < -0.39 is 59.1 Å². The molecule has 1 saturated heterocycles. The molecule has 3 aromatic carbocycles. The SMILES string of the molecule is CC(C)[C@H](NC(=O)CCCCCN1C(=O)C=CC1=O)C(=O)N[C@@H](CCCNC(N)=O)C(=O)Nc1ccc(COC(=O)NCCCN(C(=O)N2CCOCC2)[C@@H](c2nc(-c3cc(F)ccc3F)cn2Cc2ccccc2)C(C)(C)C)cc1. The van der Waals surface area contributed by atoms with Gasteiger partial charge < -0.3 is 56.2 Å². The van der Waals surface area contributed by atoms with Gasteiger partial charge >= 0.3 is 18.2 Å². The van der Waals surface area contributed by atoms with Crippen LogP contribution in [-0.4, -0.2) is 137 Å². The molecule has 1 aromatic heterocycles. The van der Waals surface area contributed by atoms with Gasteiger partial charge in [-0.25, -0.2) is 28.1 Å². The van der Waals surface area contributed by atoms with Crippen molar-refractivity contribution in [1.82, 2.24) is 45.5 Å². The molecule has 2 aliphatic heterocycles. The first-order valence-electron chi connectivity index (χ1n) is 27.3. The predicted molar refractivity (Wildman–Crippen MR) is 298 cm³/mol. The molecule has 3 heterocycles. The molecule has 0 saturated carbocycles. The number of nitrogens with zero attached hydrogens (tertiary/aromatic N) is 5. The normalized spacial score (nSPS) is 14.5. The van der Waals surface area contributed by atoms with Gasteiger partial charge in [0.05, 0.1) is 24.9 Å². The van der Waals surface area contributed by atoms with E-state index in [4.69, 9.17) is 20.2 Å². The van der Waals surface area contributed by atoms with Gasteiger partial charge in [-0.2, -0.15) is 0 Å². The summed E-state index contributed by atoms with van der Waals surface area (Å²) in [6, 6.07) is 15.6. The Morgan fingerprint density at radius 2 is 1.51 bits per heavy atom. The maximum Gasteiger partial charge on any atom is 0.407 e. The van der Waals surface area contributed by atoms with Crippen LogP contribution in [0.25, 0.3) is 11.3 Å². The van der Waals surface area contributed by atoms with Crippen LogP contribution >= 0.6 is 0 Å². The molecule has 4 aromatic rings. The third-order valence-corrected chi connectivity index (χ3v) is 13.6. The Morgan fingerprint density at radius 3 is 2.17 bits per heavy atom. The number of primary amides is 1. The van der Waals surface area contributed by atoms with Crippen molar-refractivity contribution in [3.63, 3.8) is 0 Å². The van der Waals surface area contributed by atoms with Crippen LogP contribution in [0.5, 0.6) is 0 Å². The van der Waals surface area contributed by atoms with Crippen molar-refractivity contribution < 1.29 is 56.6 Å². The molecule has 0 spiro atoms. The lowest BCUT2D eigenvalue weighted by Gasteiger charge is -2.42. The highest BCUT2D eigenvalue weighted by Gasteiger charge is 2.40. The number of hydrogen-bond donors (Lipinski definition) is 6. The number of ether oxygens (including phenoxy) is 2. The number of anilines is 1. The Kier molecular flexibility index (Phi) is 22.8. The zero-order valence-electron chi connectivity index (χ0n) is 46.6. The number of carbonyl (C=O) groups excluding carboxylic acids is 8. The van der Waals surface area contributed by atoms with Crippen molar-refractivity contribution >= 4 is 53.4 Å². The van der Waals surface area contributed by atoms with Crippen LogP contribution in [-0.2, 0) is 46.6 Å². The van der Waals surface area contributed by atoms with Crippen molar-refractivity contribution in [2.24, 2.45) is 17.1 Å². The number of unbranched alkanes of at least 4 members (excludes halogenated alkanes) is 2. The zero-order chi connectivity index (χ0) is 58.6. The molecule has 1 fully saturated rings. The number of morpholine rings is 1. The number of carbonyl (C=O) groups is 8. The number of benzene rings is 3. The van der Waals surface area contributed by atoms with E-state index in [1.54, 1.807) is 54.1 Å². The van der Waals surface area contributed by atoms with Crippen LogP contribution in [0.4, 0.5) is 28.9 Å². The summed E-state index contributed by atoms with van der Waals surface area (Å²) >= 11 is 0. The van der Waals surface area contributed by atoms with E-state index >= 15 is 4.39 Å². The summed E-state index contributed by atoms with van der Waals surface area (Å²) in [7, 11) is 0. The molecular weight excluding hydrogens is 1050 g/mol. The molecule has 0 radical (unpaired) electrons. The van der Waals surface area contributed by atoms with Crippen LogP contribution in [0, 0.1) is 23.0 Å². The Balaban J connectivity index is 1.05. The Bertz CT molecular complexity index is 2830. The second kappa shape index (κ2) is 29.8. The molecule has 6 rings (SSSR count). The fourth-order valence-electron chi connectivity index (χ4n) is 9.41. The number of amides is 10. The lowest BCUT2D eigenvalue weighted by atomic mass is 9.84. The number of hydrogen-bond acceptors (Lipinski definition) is 11. The summed E-state index contributed by atoms with van der Waals surface area (Å²) in [6.45, 7) is 11.8. The van der Waals surface area contributed by atoms with E-state index in [9.17, 15) is 42.7 Å². The predicted octanol–water partition coefficient (Wildman–Crippen LogP) is 6.53. The molecule has 3 atom stereocenters. The van der Waals surface area contributed by atoms with Gasteiger partial charge in [0.25, 0.3) is 11.8 Å². The number of halogens is 2. The van der Waals surface area contributed by atoms with Gasteiger partial charge in [0, 0.05) is 81.8 Å². The standard InChI is InChI=1S/C58H75F2N11O10/c1-38(2)50(67-47(72)17-10-7-11-28-70-48(73)24-25-49(70)74)54(76)66-45(16-12-26-62-55(61)77)53(75)64-42-21-18-40(19-22-42)37-81-56(78)63-27-13-29-71(57(79)68-30-32-80-33-31-68)51(58(3,4)5)52-65-46(43-34-41(59)20-23-44(43)60)36-69(52)35-39-14-8-6-9-15-39/h6,8-9,14-15,18-25,34,36,38,45,50-51H,7,10-13,16-17,26-33,35,37H2,1-5H3,(H,63,78)(H,64,75)(H,66,76)(H,67,72)(H3,61,62,77)/t45-,50-,51-/m0/s1. The van der Waals surface area contributed by atoms with Gasteiger partial charge in [0.1, 0.15) is 36.1 Å². The second-order valence-corrected chi connectivity index (χ2v) is 21.4. The molecule has 0 aliphatic carbocycles. The maximum absolute atomic E-state index is 15.3. The first kappa shape index (κ1) is 62.0. The van der Waals surface area contributed by atoms with Crippen LogP contribution < -0.4 is 32.3 Å². The quantitative estimate of drug-likeness (QED) is 0.0276.